The standard InChI is InChI=1S/C21H26N4O5/c1-13-14-7-4-5-8-15(14)24-21(22-13)25-12-6-9-17(25)19(27)23-16(20(28)30-3)10-11-18(26)29-2/h4-5,7-8,16-17H,6,9-12H2,1-3H3,(H,23,27)/t16-,17?/m0/s1. The second-order valence-corrected chi connectivity index (χ2v) is 7.18. The van der Waals surface area contributed by atoms with E-state index < -0.39 is 24.0 Å². The largest absolute Gasteiger partial charge is 0.469 e. The van der Waals surface area contributed by atoms with Gasteiger partial charge in [0, 0.05) is 18.4 Å². The summed E-state index contributed by atoms with van der Waals surface area (Å²) in [4.78, 5) is 47.6. The van der Waals surface area contributed by atoms with Gasteiger partial charge in [0.25, 0.3) is 0 Å². The summed E-state index contributed by atoms with van der Waals surface area (Å²) in [6.07, 6.45) is 1.52. The number of carbonyl (C=O) groups is 3. The number of hydrogen-bond acceptors (Lipinski definition) is 8. The van der Waals surface area contributed by atoms with Crippen LogP contribution in [0.2, 0.25) is 0 Å². The van der Waals surface area contributed by atoms with Gasteiger partial charge in [-0.15, -0.1) is 0 Å². The van der Waals surface area contributed by atoms with Crippen molar-refractivity contribution in [3.63, 3.8) is 0 Å². The van der Waals surface area contributed by atoms with Crippen LogP contribution in [0.3, 0.4) is 0 Å². The van der Waals surface area contributed by atoms with Gasteiger partial charge in [0.2, 0.25) is 11.9 Å². The molecule has 1 aliphatic heterocycles. The molecule has 2 aromatic rings. The van der Waals surface area contributed by atoms with Crippen LogP contribution in [0.15, 0.2) is 24.3 Å². The first-order valence-corrected chi connectivity index (χ1v) is 9.89. The van der Waals surface area contributed by atoms with E-state index >= 15 is 0 Å². The Balaban J connectivity index is 1.77. The number of benzene rings is 1. The minimum Gasteiger partial charge on any atom is -0.469 e. The Morgan fingerprint density at radius 3 is 2.70 bits per heavy atom. The van der Waals surface area contributed by atoms with Crippen molar-refractivity contribution in [2.24, 2.45) is 0 Å². The summed E-state index contributed by atoms with van der Waals surface area (Å²) >= 11 is 0. The zero-order valence-corrected chi connectivity index (χ0v) is 17.4. The first-order chi connectivity index (χ1) is 14.4. The Hall–Kier alpha value is -3.23. The Morgan fingerprint density at radius 1 is 1.20 bits per heavy atom. The van der Waals surface area contributed by atoms with E-state index in [0.717, 1.165) is 23.0 Å². The summed E-state index contributed by atoms with van der Waals surface area (Å²) in [5, 5.41) is 3.69. The summed E-state index contributed by atoms with van der Waals surface area (Å²) < 4.78 is 9.38. The van der Waals surface area contributed by atoms with Gasteiger partial charge < -0.3 is 19.7 Å². The average Bonchev–Trinajstić information content (AvgIpc) is 3.25. The molecule has 160 valence electrons. The maximum atomic E-state index is 13.0. The van der Waals surface area contributed by atoms with Crippen LogP contribution in [0.5, 0.6) is 0 Å². The Morgan fingerprint density at radius 2 is 1.97 bits per heavy atom. The molecule has 0 saturated carbocycles. The van der Waals surface area contributed by atoms with Crippen LogP contribution >= 0.6 is 0 Å². The van der Waals surface area contributed by atoms with Gasteiger partial charge in [0.15, 0.2) is 0 Å². The molecule has 0 aliphatic carbocycles. The average molecular weight is 414 g/mol. The van der Waals surface area contributed by atoms with E-state index in [1.165, 1.54) is 14.2 Å². The van der Waals surface area contributed by atoms with E-state index in [1.54, 1.807) is 0 Å². The molecule has 1 aromatic heterocycles. The van der Waals surface area contributed by atoms with Crippen LogP contribution in [-0.4, -0.2) is 60.7 Å². The molecule has 9 nitrogen and oxygen atoms in total. The smallest absolute Gasteiger partial charge is 0.328 e. The molecular formula is C21H26N4O5. The monoisotopic (exact) mass is 414 g/mol. The summed E-state index contributed by atoms with van der Waals surface area (Å²) in [7, 11) is 2.52. The van der Waals surface area contributed by atoms with Gasteiger partial charge in [-0.05, 0) is 32.3 Å². The molecule has 2 atom stereocenters. The number of methoxy groups -OCH3 is 2. The lowest BCUT2D eigenvalue weighted by molar-refractivity contribution is -0.146. The zero-order valence-electron chi connectivity index (χ0n) is 17.4. The maximum Gasteiger partial charge on any atom is 0.328 e. The first kappa shape index (κ1) is 21.5. The topological polar surface area (TPSA) is 111 Å². The highest BCUT2D eigenvalue weighted by Crippen LogP contribution is 2.26. The summed E-state index contributed by atoms with van der Waals surface area (Å²) in [5.41, 5.74) is 1.66. The molecule has 2 heterocycles. The van der Waals surface area contributed by atoms with Crippen LogP contribution in [0.25, 0.3) is 10.9 Å². The molecule has 1 unspecified atom stereocenters. The molecule has 1 fully saturated rings. The molecule has 30 heavy (non-hydrogen) atoms. The lowest BCUT2D eigenvalue weighted by Crippen LogP contribution is -2.50. The van der Waals surface area contributed by atoms with Gasteiger partial charge in [-0.1, -0.05) is 18.2 Å². The van der Waals surface area contributed by atoms with E-state index in [-0.39, 0.29) is 18.7 Å². The van der Waals surface area contributed by atoms with E-state index in [2.05, 4.69) is 20.0 Å². The van der Waals surface area contributed by atoms with Crippen molar-refractivity contribution < 1.29 is 23.9 Å². The number of amides is 1. The first-order valence-electron chi connectivity index (χ1n) is 9.89. The number of hydrogen-bond donors (Lipinski definition) is 1. The maximum absolute atomic E-state index is 13.0. The number of para-hydroxylation sites is 1. The van der Waals surface area contributed by atoms with Gasteiger partial charge in [-0.3, -0.25) is 9.59 Å². The fourth-order valence-corrected chi connectivity index (χ4v) is 3.65. The molecule has 1 aromatic carbocycles. The SMILES string of the molecule is COC(=O)CC[C@H](NC(=O)C1CCCN1c1nc(C)c2ccccc2n1)C(=O)OC. The highest BCUT2D eigenvalue weighted by Gasteiger charge is 2.35. The third kappa shape index (κ3) is 4.67. The van der Waals surface area contributed by atoms with Crippen LogP contribution < -0.4 is 10.2 Å². The number of aromatic nitrogens is 2. The molecule has 1 aliphatic rings. The molecule has 0 radical (unpaired) electrons. The Labute approximate surface area is 174 Å². The zero-order chi connectivity index (χ0) is 21.7. The fraction of sp³-hybridized carbons (Fsp3) is 0.476. The van der Waals surface area contributed by atoms with Crippen LogP contribution in [0.1, 0.15) is 31.4 Å². The van der Waals surface area contributed by atoms with Gasteiger partial charge >= 0.3 is 11.9 Å². The molecule has 9 heteroatoms. The van der Waals surface area contributed by atoms with Crippen molar-refractivity contribution in [3.8, 4) is 0 Å². The molecule has 1 amide bonds. The quantitative estimate of drug-likeness (QED) is 0.679. The molecule has 3 rings (SSSR count). The summed E-state index contributed by atoms with van der Waals surface area (Å²) in [6, 6.07) is 6.30. The predicted octanol–water partition coefficient (Wildman–Crippen LogP) is 1.52. The van der Waals surface area contributed by atoms with Gasteiger partial charge in [0.05, 0.1) is 25.4 Å². The summed E-state index contributed by atoms with van der Waals surface area (Å²) in [6.45, 7) is 2.56. The minimum absolute atomic E-state index is 0.00208. The van der Waals surface area contributed by atoms with Gasteiger partial charge in [-0.2, -0.15) is 0 Å². The summed E-state index contributed by atoms with van der Waals surface area (Å²) in [5.74, 6) is -0.884. The minimum atomic E-state index is -0.927. The van der Waals surface area contributed by atoms with Crippen molar-refractivity contribution in [1.29, 1.82) is 0 Å². The number of nitrogens with zero attached hydrogens (tertiary/aromatic N) is 3. The van der Waals surface area contributed by atoms with Crippen molar-refractivity contribution in [3.05, 3.63) is 30.0 Å². The van der Waals surface area contributed by atoms with Gasteiger partial charge in [0.1, 0.15) is 12.1 Å². The second-order valence-electron chi connectivity index (χ2n) is 7.18. The lowest BCUT2D eigenvalue weighted by Gasteiger charge is -2.26. The molecule has 0 spiro atoms. The number of rotatable bonds is 7. The predicted molar refractivity (Wildman–Crippen MR) is 110 cm³/mol. The van der Waals surface area contributed by atoms with Crippen molar-refractivity contribution in [2.75, 3.05) is 25.7 Å². The van der Waals surface area contributed by atoms with E-state index in [9.17, 15) is 14.4 Å². The number of esters is 2. The molecule has 1 saturated heterocycles. The van der Waals surface area contributed by atoms with Crippen molar-refractivity contribution >= 4 is 34.7 Å². The van der Waals surface area contributed by atoms with Gasteiger partial charge in [-0.25, -0.2) is 14.8 Å². The number of ether oxygens (including phenoxy) is 2. The molecule has 1 N–H and O–H groups in total. The van der Waals surface area contributed by atoms with E-state index in [4.69, 9.17) is 4.74 Å². The van der Waals surface area contributed by atoms with Crippen molar-refractivity contribution in [2.45, 2.75) is 44.7 Å². The van der Waals surface area contributed by atoms with Crippen LogP contribution in [-0.2, 0) is 23.9 Å². The Kier molecular flexibility index (Phi) is 6.81. The number of carbonyl (C=O) groups excluding carboxylic acids is 3. The van der Waals surface area contributed by atoms with E-state index in [1.807, 2.05) is 36.1 Å². The van der Waals surface area contributed by atoms with Crippen molar-refractivity contribution in [1.82, 2.24) is 15.3 Å². The third-order valence-electron chi connectivity index (χ3n) is 5.26. The number of aryl methyl sites for hydroxylation is 1. The fourth-order valence-electron chi connectivity index (χ4n) is 3.65. The number of nitrogens with one attached hydrogen (secondary N) is 1. The number of anilines is 1. The highest BCUT2D eigenvalue weighted by molar-refractivity contribution is 5.90. The molecule has 0 bridgehead atoms. The number of fused-ring (bicyclic) bond motifs is 1. The lowest BCUT2D eigenvalue weighted by atomic mass is 10.1. The second kappa shape index (κ2) is 9.51. The third-order valence-corrected chi connectivity index (χ3v) is 5.26. The highest BCUT2D eigenvalue weighted by atomic mass is 16.5. The van der Waals surface area contributed by atoms with Crippen LogP contribution in [0.4, 0.5) is 5.95 Å². The Bertz CT molecular complexity index is 948. The molecular weight excluding hydrogens is 388 g/mol. The van der Waals surface area contributed by atoms with E-state index in [0.29, 0.717) is 18.9 Å². The van der Waals surface area contributed by atoms with Crippen LogP contribution in [0, 0.1) is 6.92 Å². The normalized spacial score (nSPS) is 16.9.